The van der Waals surface area contributed by atoms with Gasteiger partial charge in [0.1, 0.15) is 11.6 Å². The summed E-state index contributed by atoms with van der Waals surface area (Å²) in [4.78, 5) is 4.71. The molecule has 1 aromatic carbocycles. The van der Waals surface area contributed by atoms with Gasteiger partial charge in [0.05, 0.1) is 11.3 Å². The first-order chi connectivity index (χ1) is 8.00. The Bertz CT molecular complexity index is 601. The Morgan fingerprint density at radius 1 is 1.18 bits per heavy atom. The van der Waals surface area contributed by atoms with Crippen molar-refractivity contribution < 1.29 is 4.43 Å². The van der Waals surface area contributed by atoms with Crippen molar-refractivity contribution in [2.75, 3.05) is 0 Å². The predicted octanol–water partition coefficient (Wildman–Crippen LogP) is 3.11. The summed E-state index contributed by atoms with van der Waals surface area (Å²) in [5, 5.41) is 0. The van der Waals surface area contributed by atoms with Gasteiger partial charge in [0.25, 0.3) is 0 Å². The van der Waals surface area contributed by atoms with Crippen molar-refractivity contribution in [2.24, 2.45) is 0 Å². The van der Waals surface area contributed by atoms with Gasteiger partial charge in [-0.05, 0) is 39.1 Å². The van der Waals surface area contributed by atoms with Gasteiger partial charge in [0.2, 0.25) is 0 Å². The molecule has 0 saturated heterocycles. The second kappa shape index (κ2) is 3.23. The summed E-state index contributed by atoms with van der Waals surface area (Å²) >= 11 is 0. The summed E-state index contributed by atoms with van der Waals surface area (Å²) in [6.07, 6.45) is 0. The lowest BCUT2D eigenvalue weighted by atomic mass is 10.2. The number of hydrogen-bond acceptors (Lipinski definition) is 2. The maximum absolute atomic E-state index is 6.20. The molecular formula is C13H16N2OSi. The standard InChI is InChI=1S/C13H16N2OSi/c1-9-10(2)15-13(14-9)11-7-5-6-8-12(11)16-17(15,3)4/h5-8H,1-4H3. The van der Waals surface area contributed by atoms with Crippen LogP contribution in [0.15, 0.2) is 24.3 Å². The molecule has 4 heteroatoms. The highest BCUT2D eigenvalue weighted by Crippen LogP contribution is 2.38. The SMILES string of the molecule is Cc1nc2n(c1C)[Si](C)(C)Oc1ccccc1-2. The van der Waals surface area contributed by atoms with Crippen molar-refractivity contribution in [3.8, 4) is 17.1 Å². The fourth-order valence-corrected chi connectivity index (χ4v) is 4.96. The molecule has 17 heavy (non-hydrogen) atoms. The summed E-state index contributed by atoms with van der Waals surface area (Å²) in [6.45, 7) is 8.60. The maximum Gasteiger partial charge on any atom is 0.359 e. The largest absolute Gasteiger partial charge is 0.524 e. The van der Waals surface area contributed by atoms with Gasteiger partial charge < -0.3 is 8.66 Å². The van der Waals surface area contributed by atoms with E-state index in [1.165, 1.54) is 5.69 Å². The first-order valence-electron chi connectivity index (χ1n) is 5.85. The minimum Gasteiger partial charge on any atom is -0.524 e. The molecule has 0 spiro atoms. The van der Waals surface area contributed by atoms with E-state index in [9.17, 15) is 0 Å². The van der Waals surface area contributed by atoms with Crippen LogP contribution in [0.25, 0.3) is 11.4 Å². The Labute approximate surface area is 102 Å². The molecule has 2 heterocycles. The molecule has 88 valence electrons. The van der Waals surface area contributed by atoms with E-state index in [1.54, 1.807) is 0 Å². The van der Waals surface area contributed by atoms with E-state index in [-0.39, 0.29) is 0 Å². The van der Waals surface area contributed by atoms with Crippen molar-refractivity contribution in [3.63, 3.8) is 0 Å². The van der Waals surface area contributed by atoms with Crippen LogP contribution in [0, 0.1) is 13.8 Å². The molecule has 0 radical (unpaired) electrons. The molecule has 3 rings (SSSR count). The van der Waals surface area contributed by atoms with Crippen LogP contribution in [0.2, 0.25) is 13.1 Å². The average molecular weight is 244 g/mol. The van der Waals surface area contributed by atoms with Crippen LogP contribution in [-0.4, -0.2) is 17.7 Å². The number of imidazole rings is 1. The van der Waals surface area contributed by atoms with Crippen molar-refractivity contribution >= 4 is 8.48 Å². The summed E-state index contributed by atoms with van der Waals surface area (Å²) in [5.41, 5.74) is 3.43. The van der Waals surface area contributed by atoms with Gasteiger partial charge in [-0.1, -0.05) is 12.1 Å². The third kappa shape index (κ3) is 1.37. The van der Waals surface area contributed by atoms with Crippen LogP contribution in [-0.2, 0) is 0 Å². The van der Waals surface area contributed by atoms with Crippen molar-refractivity contribution in [2.45, 2.75) is 26.9 Å². The van der Waals surface area contributed by atoms with Crippen LogP contribution in [0.3, 0.4) is 0 Å². The number of hydrogen-bond donors (Lipinski definition) is 0. The first kappa shape index (κ1) is 10.6. The molecule has 3 nitrogen and oxygen atoms in total. The molecule has 0 saturated carbocycles. The molecule has 0 bridgehead atoms. The molecule has 1 aromatic heterocycles. The monoisotopic (exact) mass is 244 g/mol. The van der Waals surface area contributed by atoms with Gasteiger partial charge in [-0.25, -0.2) is 4.98 Å². The van der Waals surface area contributed by atoms with E-state index in [0.717, 1.165) is 22.8 Å². The molecule has 0 amide bonds. The summed E-state index contributed by atoms with van der Waals surface area (Å²) in [5.74, 6) is 2.04. The first-order valence-corrected chi connectivity index (χ1v) is 8.71. The number of rotatable bonds is 0. The van der Waals surface area contributed by atoms with E-state index in [2.05, 4.69) is 37.2 Å². The van der Waals surface area contributed by atoms with Gasteiger partial charge in [0, 0.05) is 5.69 Å². The third-order valence-corrected chi connectivity index (χ3v) is 5.71. The highest BCUT2D eigenvalue weighted by atomic mass is 28.4. The number of benzene rings is 1. The van der Waals surface area contributed by atoms with Crippen LogP contribution in [0.4, 0.5) is 0 Å². The van der Waals surface area contributed by atoms with Crippen LogP contribution in [0.5, 0.6) is 5.75 Å². The van der Waals surface area contributed by atoms with Crippen LogP contribution >= 0.6 is 0 Å². The second-order valence-corrected chi connectivity index (χ2v) is 8.53. The summed E-state index contributed by atoms with van der Waals surface area (Å²) in [7, 11) is -1.93. The van der Waals surface area contributed by atoms with Crippen LogP contribution < -0.4 is 4.43 Å². The number of nitrogens with zero attached hydrogens (tertiary/aromatic N) is 2. The maximum atomic E-state index is 6.20. The number of aromatic nitrogens is 2. The zero-order chi connectivity index (χ0) is 12.2. The summed E-state index contributed by atoms with van der Waals surface area (Å²) in [6, 6.07) is 8.16. The number of para-hydroxylation sites is 1. The molecule has 0 atom stereocenters. The summed E-state index contributed by atoms with van der Waals surface area (Å²) < 4.78 is 8.51. The van der Waals surface area contributed by atoms with Gasteiger partial charge in [0.15, 0.2) is 0 Å². The minimum absolute atomic E-state index is 0.974. The lowest BCUT2D eigenvalue weighted by molar-refractivity contribution is 0.524. The molecule has 0 aliphatic carbocycles. The van der Waals surface area contributed by atoms with Gasteiger partial charge in [-0.15, -0.1) is 0 Å². The molecular weight excluding hydrogens is 228 g/mol. The third-order valence-electron chi connectivity index (χ3n) is 3.37. The fourth-order valence-electron chi connectivity index (χ4n) is 2.51. The molecule has 0 unspecified atom stereocenters. The van der Waals surface area contributed by atoms with Gasteiger partial charge >= 0.3 is 8.48 Å². The Hall–Kier alpha value is -1.55. The van der Waals surface area contributed by atoms with E-state index >= 15 is 0 Å². The Kier molecular flexibility index (Phi) is 2.01. The number of fused-ring (bicyclic) bond motifs is 3. The van der Waals surface area contributed by atoms with Crippen molar-refractivity contribution in [1.29, 1.82) is 0 Å². The zero-order valence-corrected chi connectivity index (χ0v) is 11.6. The lowest BCUT2D eigenvalue weighted by Crippen LogP contribution is -2.46. The van der Waals surface area contributed by atoms with Crippen molar-refractivity contribution in [3.05, 3.63) is 35.7 Å². The van der Waals surface area contributed by atoms with Crippen molar-refractivity contribution in [1.82, 2.24) is 9.22 Å². The molecule has 1 aliphatic heterocycles. The fraction of sp³-hybridized carbons (Fsp3) is 0.308. The normalized spacial score (nSPS) is 16.0. The van der Waals surface area contributed by atoms with E-state index in [4.69, 9.17) is 9.41 Å². The highest BCUT2D eigenvalue weighted by Gasteiger charge is 2.38. The van der Waals surface area contributed by atoms with Gasteiger partial charge in [-0.3, -0.25) is 0 Å². The van der Waals surface area contributed by atoms with Gasteiger partial charge in [-0.2, -0.15) is 0 Å². The Balaban J connectivity index is 2.37. The predicted molar refractivity (Wildman–Crippen MR) is 70.6 cm³/mol. The van der Waals surface area contributed by atoms with E-state index in [0.29, 0.717) is 0 Å². The smallest absolute Gasteiger partial charge is 0.359 e. The molecule has 0 fully saturated rings. The molecule has 2 aromatic rings. The average Bonchev–Trinajstić information content (AvgIpc) is 2.56. The second-order valence-electron chi connectivity index (χ2n) is 4.99. The van der Waals surface area contributed by atoms with E-state index < -0.39 is 8.48 Å². The lowest BCUT2D eigenvalue weighted by Gasteiger charge is -2.33. The quantitative estimate of drug-likeness (QED) is 0.666. The van der Waals surface area contributed by atoms with Crippen LogP contribution in [0.1, 0.15) is 11.4 Å². The number of aryl methyl sites for hydroxylation is 1. The molecule has 1 aliphatic rings. The minimum atomic E-state index is -1.93. The Morgan fingerprint density at radius 2 is 1.88 bits per heavy atom. The zero-order valence-electron chi connectivity index (χ0n) is 10.6. The topological polar surface area (TPSA) is 27.1 Å². The molecule has 0 N–H and O–H groups in total. The van der Waals surface area contributed by atoms with E-state index in [1.807, 2.05) is 18.2 Å². The highest BCUT2D eigenvalue weighted by molar-refractivity contribution is 6.71. The Morgan fingerprint density at radius 3 is 2.65 bits per heavy atom.